The van der Waals surface area contributed by atoms with Crippen LogP contribution in [0.3, 0.4) is 0 Å². The largest absolute Gasteiger partial charge is 0.454 e. The zero-order valence-corrected chi connectivity index (χ0v) is 13.1. The minimum Gasteiger partial charge on any atom is -0.454 e. The van der Waals surface area contributed by atoms with E-state index in [1.807, 2.05) is 0 Å². The summed E-state index contributed by atoms with van der Waals surface area (Å²) in [6.45, 7) is 4.37. The first-order valence-corrected chi connectivity index (χ1v) is 8.44. The molecule has 0 spiro atoms. The van der Waals surface area contributed by atoms with Crippen molar-refractivity contribution in [2.45, 2.75) is 4.90 Å². The number of fused-ring (bicyclic) bond motifs is 1. The summed E-state index contributed by atoms with van der Waals surface area (Å²) in [5, 5.41) is 3.12. The van der Waals surface area contributed by atoms with Crippen molar-refractivity contribution in [2.75, 3.05) is 23.4 Å². The van der Waals surface area contributed by atoms with E-state index in [0.29, 0.717) is 23.7 Å². The summed E-state index contributed by atoms with van der Waals surface area (Å²) in [4.78, 5) is 0.121. The third-order valence-corrected chi connectivity index (χ3v) is 4.62. The monoisotopic (exact) mass is 332 g/mol. The van der Waals surface area contributed by atoms with Crippen molar-refractivity contribution in [1.82, 2.24) is 0 Å². The van der Waals surface area contributed by atoms with E-state index >= 15 is 0 Å². The molecular formula is C16H16N2O4S. The quantitative estimate of drug-likeness (QED) is 0.796. The van der Waals surface area contributed by atoms with Crippen LogP contribution < -0.4 is 19.5 Å². The van der Waals surface area contributed by atoms with Crippen LogP contribution in [0.4, 0.5) is 11.4 Å². The van der Waals surface area contributed by atoms with Gasteiger partial charge in [-0.3, -0.25) is 4.72 Å². The summed E-state index contributed by atoms with van der Waals surface area (Å²) in [7, 11) is -3.69. The summed E-state index contributed by atoms with van der Waals surface area (Å²) in [5.74, 6) is 0.971. The SMILES string of the molecule is C=CCNc1ccc(NS(=O)(=O)c2ccc3c(c2)OCO3)cc1. The van der Waals surface area contributed by atoms with Gasteiger partial charge >= 0.3 is 0 Å². The summed E-state index contributed by atoms with van der Waals surface area (Å²) >= 11 is 0. The average molecular weight is 332 g/mol. The highest BCUT2D eigenvalue weighted by atomic mass is 32.2. The molecule has 2 N–H and O–H groups in total. The van der Waals surface area contributed by atoms with Crippen LogP contribution >= 0.6 is 0 Å². The topological polar surface area (TPSA) is 76.7 Å². The standard InChI is InChI=1S/C16H16N2O4S/c1-2-9-17-12-3-5-13(6-4-12)18-23(19,20)14-7-8-15-16(10-14)22-11-21-15/h2-8,10,17-18H,1,9,11H2. The first-order valence-electron chi connectivity index (χ1n) is 6.96. The number of sulfonamides is 1. The maximum Gasteiger partial charge on any atom is 0.262 e. The molecule has 7 heteroatoms. The molecule has 0 saturated carbocycles. The number of anilines is 2. The number of nitrogens with one attached hydrogen (secondary N) is 2. The van der Waals surface area contributed by atoms with Crippen LogP contribution in [-0.4, -0.2) is 21.8 Å². The van der Waals surface area contributed by atoms with Crippen LogP contribution in [0, 0.1) is 0 Å². The fourth-order valence-electron chi connectivity index (χ4n) is 2.10. The maximum atomic E-state index is 12.4. The predicted molar refractivity (Wildman–Crippen MR) is 88.5 cm³/mol. The second kappa shape index (κ2) is 6.21. The van der Waals surface area contributed by atoms with Gasteiger partial charge in [0.1, 0.15) is 0 Å². The molecule has 3 rings (SSSR count). The Bertz CT molecular complexity index is 816. The summed E-state index contributed by atoms with van der Waals surface area (Å²) in [6.07, 6.45) is 1.75. The zero-order chi connectivity index (χ0) is 16.3. The first-order chi connectivity index (χ1) is 11.1. The van der Waals surface area contributed by atoms with Gasteiger partial charge in [0.2, 0.25) is 6.79 Å². The number of rotatable bonds is 6. The lowest BCUT2D eigenvalue weighted by molar-refractivity contribution is 0.174. The Balaban J connectivity index is 1.77. The van der Waals surface area contributed by atoms with Gasteiger partial charge < -0.3 is 14.8 Å². The predicted octanol–water partition coefficient (Wildman–Crippen LogP) is 2.81. The highest BCUT2D eigenvalue weighted by Gasteiger charge is 2.20. The summed E-state index contributed by atoms with van der Waals surface area (Å²) in [5.41, 5.74) is 1.36. The van der Waals surface area contributed by atoms with Gasteiger partial charge in [0.15, 0.2) is 11.5 Å². The second-order valence-corrected chi connectivity index (χ2v) is 6.55. The molecule has 0 atom stereocenters. The lowest BCUT2D eigenvalue weighted by Gasteiger charge is -2.10. The van der Waals surface area contributed by atoms with E-state index in [1.54, 1.807) is 36.4 Å². The summed E-state index contributed by atoms with van der Waals surface area (Å²) in [6, 6.07) is 11.5. The second-order valence-electron chi connectivity index (χ2n) is 4.87. The van der Waals surface area contributed by atoms with Gasteiger partial charge in [-0.15, -0.1) is 6.58 Å². The van der Waals surface area contributed by atoms with Crippen molar-refractivity contribution in [2.24, 2.45) is 0 Å². The van der Waals surface area contributed by atoms with Crippen LogP contribution in [0.15, 0.2) is 60.0 Å². The van der Waals surface area contributed by atoms with Gasteiger partial charge in [-0.25, -0.2) is 8.42 Å². The van der Waals surface area contributed by atoms with Crippen molar-refractivity contribution in [3.8, 4) is 11.5 Å². The van der Waals surface area contributed by atoms with Gasteiger partial charge in [-0.2, -0.15) is 0 Å². The molecule has 1 aliphatic rings. The number of ether oxygens (including phenoxy) is 2. The van der Waals surface area contributed by atoms with E-state index in [4.69, 9.17) is 9.47 Å². The Hall–Kier alpha value is -2.67. The highest BCUT2D eigenvalue weighted by Crippen LogP contribution is 2.34. The van der Waals surface area contributed by atoms with Gasteiger partial charge in [-0.1, -0.05) is 6.08 Å². The third-order valence-electron chi connectivity index (χ3n) is 3.24. The molecule has 0 bridgehead atoms. The van der Waals surface area contributed by atoms with Gasteiger partial charge in [0, 0.05) is 24.0 Å². The van der Waals surface area contributed by atoms with Crippen molar-refractivity contribution >= 4 is 21.4 Å². The maximum absolute atomic E-state index is 12.4. The van der Waals surface area contributed by atoms with Crippen LogP contribution in [0.5, 0.6) is 11.5 Å². The smallest absolute Gasteiger partial charge is 0.262 e. The fraction of sp³-hybridized carbons (Fsp3) is 0.125. The zero-order valence-electron chi connectivity index (χ0n) is 12.3. The average Bonchev–Trinajstić information content (AvgIpc) is 3.01. The van der Waals surface area contributed by atoms with Crippen molar-refractivity contribution in [1.29, 1.82) is 0 Å². The van der Waals surface area contributed by atoms with Crippen molar-refractivity contribution in [3.05, 3.63) is 55.1 Å². The molecule has 0 aromatic heterocycles. The number of hydrogen-bond acceptors (Lipinski definition) is 5. The summed E-state index contributed by atoms with van der Waals surface area (Å²) < 4.78 is 37.8. The lowest BCUT2D eigenvalue weighted by atomic mass is 10.3. The fourth-order valence-corrected chi connectivity index (χ4v) is 3.18. The molecule has 0 unspecified atom stereocenters. The van der Waals surface area contributed by atoms with Crippen LogP contribution in [-0.2, 0) is 10.0 Å². The Morgan fingerprint density at radius 3 is 2.48 bits per heavy atom. The van der Waals surface area contributed by atoms with E-state index in [9.17, 15) is 8.42 Å². The number of hydrogen-bond donors (Lipinski definition) is 2. The Labute approximate surface area is 134 Å². The van der Waals surface area contributed by atoms with Gasteiger partial charge in [0.05, 0.1) is 4.90 Å². The van der Waals surface area contributed by atoms with E-state index < -0.39 is 10.0 Å². The minimum absolute atomic E-state index is 0.103. The van der Waals surface area contributed by atoms with Gasteiger partial charge in [0.25, 0.3) is 10.0 Å². The van der Waals surface area contributed by atoms with E-state index in [0.717, 1.165) is 5.69 Å². The van der Waals surface area contributed by atoms with Gasteiger partial charge in [-0.05, 0) is 36.4 Å². The first kappa shape index (κ1) is 15.2. The molecule has 1 heterocycles. The Morgan fingerprint density at radius 2 is 1.74 bits per heavy atom. The molecule has 0 aliphatic carbocycles. The normalized spacial score (nSPS) is 12.7. The van der Waals surface area contributed by atoms with Crippen molar-refractivity contribution in [3.63, 3.8) is 0 Å². The Morgan fingerprint density at radius 1 is 1.04 bits per heavy atom. The molecule has 23 heavy (non-hydrogen) atoms. The molecule has 2 aromatic carbocycles. The minimum atomic E-state index is -3.69. The molecule has 0 fully saturated rings. The van der Waals surface area contributed by atoms with Crippen LogP contribution in [0.25, 0.3) is 0 Å². The van der Waals surface area contributed by atoms with Crippen LogP contribution in [0.1, 0.15) is 0 Å². The molecule has 1 aliphatic heterocycles. The highest BCUT2D eigenvalue weighted by molar-refractivity contribution is 7.92. The number of benzene rings is 2. The lowest BCUT2D eigenvalue weighted by Crippen LogP contribution is -2.12. The molecule has 2 aromatic rings. The van der Waals surface area contributed by atoms with E-state index in [2.05, 4.69) is 16.6 Å². The third kappa shape index (κ3) is 3.40. The molecule has 6 nitrogen and oxygen atoms in total. The van der Waals surface area contributed by atoms with Crippen LogP contribution in [0.2, 0.25) is 0 Å². The molecule has 0 amide bonds. The van der Waals surface area contributed by atoms with E-state index in [-0.39, 0.29) is 11.7 Å². The molecule has 0 radical (unpaired) electrons. The molecular weight excluding hydrogens is 316 g/mol. The Kier molecular flexibility index (Phi) is 4.12. The molecule has 0 saturated heterocycles. The van der Waals surface area contributed by atoms with Crippen molar-refractivity contribution < 1.29 is 17.9 Å². The molecule has 120 valence electrons. The van der Waals surface area contributed by atoms with E-state index in [1.165, 1.54) is 12.1 Å².